The van der Waals surface area contributed by atoms with Crippen LogP contribution in [0, 0.1) is 0 Å². The third-order valence-corrected chi connectivity index (χ3v) is 5.13. The molecule has 24 heavy (non-hydrogen) atoms. The second-order valence-electron chi connectivity index (χ2n) is 6.03. The van der Waals surface area contributed by atoms with E-state index in [1.807, 2.05) is 4.90 Å². The predicted octanol–water partition coefficient (Wildman–Crippen LogP) is 1.46. The molecule has 1 saturated heterocycles. The summed E-state index contributed by atoms with van der Waals surface area (Å²) in [6, 6.07) is 6.40. The van der Waals surface area contributed by atoms with Crippen molar-refractivity contribution in [3.05, 3.63) is 24.3 Å². The van der Waals surface area contributed by atoms with Gasteiger partial charge in [-0.3, -0.25) is 4.79 Å². The molecule has 0 saturated carbocycles. The molecular weight excluding hydrogens is 328 g/mol. The van der Waals surface area contributed by atoms with E-state index in [1.54, 1.807) is 24.3 Å². The predicted molar refractivity (Wildman–Crippen MR) is 93.0 cm³/mol. The molecule has 1 fully saturated rings. The van der Waals surface area contributed by atoms with Crippen molar-refractivity contribution in [3.8, 4) is 5.75 Å². The highest BCUT2D eigenvalue weighted by atomic mass is 32.2. The summed E-state index contributed by atoms with van der Waals surface area (Å²) in [6.07, 6.45) is 4.34. The summed E-state index contributed by atoms with van der Waals surface area (Å²) in [5, 5.41) is 3.29. The molecule has 0 bridgehead atoms. The second kappa shape index (κ2) is 9.03. The van der Waals surface area contributed by atoms with Gasteiger partial charge < -0.3 is 15.0 Å². The molecule has 6 nitrogen and oxygen atoms in total. The number of amides is 1. The Labute approximate surface area is 144 Å². The highest BCUT2D eigenvalue weighted by molar-refractivity contribution is 7.90. The van der Waals surface area contributed by atoms with Gasteiger partial charge in [0.05, 0.1) is 11.5 Å². The highest BCUT2D eigenvalue weighted by Gasteiger charge is 2.14. The summed E-state index contributed by atoms with van der Waals surface area (Å²) < 4.78 is 28.3. The maximum absolute atomic E-state index is 12.1. The van der Waals surface area contributed by atoms with Crippen molar-refractivity contribution in [1.29, 1.82) is 0 Å². The lowest BCUT2D eigenvalue weighted by Crippen LogP contribution is -2.34. The van der Waals surface area contributed by atoms with E-state index in [-0.39, 0.29) is 10.8 Å². The number of unbranched alkanes of at least 4 members (excludes halogenated alkanes) is 1. The van der Waals surface area contributed by atoms with Gasteiger partial charge in [-0.15, -0.1) is 0 Å². The first-order chi connectivity index (χ1) is 11.5. The number of nitrogens with zero attached hydrogens (tertiary/aromatic N) is 1. The Morgan fingerprint density at radius 3 is 2.62 bits per heavy atom. The quantitative estimate of drug-likeness (QED) is 0.750. The minimum absolute atomic E-state index is 0.219. The number of sulfone groups is 1. The van der Waals surface area contributed by atoms with Gasteiger partial charge in [0.25, 0.3) is 0 Å². The molecule has 0 aliphatic carbocycles. The van der Waals surface area contributed by atoms with Crippen LogP contribution in [0.15, 0.2) is 29.2 Å². The molecule has 0 radical (unpaired) electrons. The van der Waals surface area contributed by atoms with Crippen LogP contribution < -0.4 is 10.1 Å². The molecular formula is C17H26N2O4S. The lowest BCUT2D eigenvalue weighted by Gasteiger charge is -2.19. The van der Waals surface area contributed by atoms with Crippen LogP contribution in [-0.4, -0.2) is 58.3 Å². The number of carbonyl (C=O) groups excluding carboxylic acids is 1. The summed E-state index contributed by atoms with van der Waals surface area (Å²) in [5.41, 5.74) is 0. The van der Waals surface area contributed by atoms with Crippen molar-refractivity contribution in [2.45, 2.75) is 30.6 Å². The van der Waals surface area contributed by atoms with Crippen LogP contribution in [0.4, 0.5) is 0 Å². The van der Waals surface area contributed by atoms with Crippen molar-refractivity contribution in [2.75, 3.05) is 39.0 Å². The molecule has 1 N–H and O–H groups in total. The number of benzene rings is 1. The number of rotatable bonds is 7. The Bertz CT molecular complexity index is 620. The van der Waals surface area contributed by atoms with Gasteiger partial charge in [0, 0.05) is 32.3 Å². The zero-order valence-electron chi connectivity index (χ0n) is 14.2. The largest absolute Gasteiger partial charge is 0.494 e. The van der Waals surface area contributed by atoms with Crippen molar-refractivity contribution < 1.29 is 17.9 Å². The van der Waals surface area contributed by atoms with Crippen LogP contribution in [0.3, 0.4) is 0 Å². The number of ether oxygens (including phenoxy) is 1. The smallest absolute Gasteiger partial charge is 0.222 e. The number of carbonyl (C=O) groups is 1. The SMILES string of the molecule is CS(=O)(=O)c1ccc(OCCCCC(=O)N2CCCNCC2)cc1. The van der Waals surface area contributed by atoms with Crippen LogP contribution in [-0.2, 0) is 14.6 Å². The van der Waals surface area contributed by atoms with Crippen molar-refractivity contribution >= 4 is 15.7 Å². The fourth-order valence-electron chi connectivity index (χ4n) is 2.60. The maximum atomic E-state index is 12.1. The van der Waals surface area contributed by atoms with Crippen LogP contribution >= 0.6 is 0 Å². The molecule has 7 heteroatoms. The lowest BCUT2D eigenvalue weighted by molar-refractivity contribution is -0.131. The van der Waals surface area contributed by atoms with Crippen molar-refractivity contribution in [2.24, 2.45) is 0 Å². The van der Waals surface area contributed by atoms with E-state index in [1.165, 1.54) is 6.26 Å². The highest BCUT2D eigenvalue weighted by Crippen LogP contribution is 2.16. The van der Waals surface area contributed by atoms with E-state index in [4.69, 9.17) is 4.74 Å². The summed E-state index contributed by atoms with van der Waals surface area (Å²) >= 11 is 0. The van der Waals surface area contributed by atoms with Gasteiger partial charge in [-0.1, -0.05) is 0 Å². The van der Waals surface area contributed by atoms with Gasteiger partial charge >= 0.3 is 0 Å². The first-order valence-electron chi connectivity index (χ1n) is 8.38. The fourth-order valence-corrected chi connectivity index (χ4v) is 3.24. The minimum atomic E-state index is -3.17. The Hall–Kier alpha value is -1.60. The molecule has 1 amide bonds. The average molecular weight is 354 g/mol. The number of hydrogen-bond acceptors (Lipinski definition) is 5. The summed E-state index contributed by atoms with van der Waals surface area (Å²) in [4.78, 5) is 14.3. The maximum Gasteiger partial charge on any atom is 0.222 e. The van der Waals surface area contributed by atoms with E-state index in [0.717, 1.165) is 45.4 Å². The lowest BCUT2D eigenvalue weighted by atomic mass is 10.2. The Balaban J connectivity index is 1.65. The average Bonchev–Trinajstić information content (AvgIpc) is 2.83. The molecule has 1 heterocycles. The molecule has 1 aromatic carbocycles. The number of hydrogen-bond donors (Lipinski definition) is 1. The van der Waals surface area contributed by atoms with E-state index in [9.17, 15) is 13.2 Å². The van der Waals surface area contributed by atoms with Gasteiger partial charge in [0.2, 0.25) is 5.91 Å². The van der Waals surface area contributed by atoms with Gasteiger partial charge in [0.1, 0.15) is 5.75 Å². The first kappa shape index (κ1) is 18.7. The van der Waals surface area contributed by atoms with Crippen LogP contribution in [0.1, 0.15) is 25.7 Å². The summed E-state index contributed by atoms with van der Waals surface area (Å²) in [5.74, 6) is 0.864. The van der Waals surface area contributed by atoms with Crippen molar-refractivity contribution in [3.63, 3.8) is 0 Å². The Morgan fingerprint density at radius 2 is 1.92 bits per heavy atom. The molecule has 1 aliphatic rings. The van der Waals surface area contributed by atoms with E-state index < -0.39 is 9.84 Å². The zero-order chi connectivity index (χ0) is 17.4. The van der Waals surface area contributed by atoms with Crippen LogP contribution in [0.2, 0.25) is 0 Å². The monoisotopic (exact) mass is 354 g/mol. The molecule has 1 aliphatic heterocycles. The zero-order valence-corrected chi connectivity index (χ0v) is 15.0. The third kappa shape index (κ3) is 6.13. The van der Waals surface area contributed by atoms with E-state index in [2.05, 4.69) is 5.32 Å². The van der Waals surface area contributed by atoms with Gasteiger partial charge in [0.15, 0.2) is 9.84 Å². The molecule has 134 valence electrons. The third-order valence-electron chi connectivity index (χ3n) is 4.00. The molecule has 0 unspecified atom stereocenters. The van der Waals surface area contributed by atoms with Gasteiger partial charge in [-0.2, -0.15) is 0 Å². The molecule has 0 spiro atoms. The van der Waals surface area contributed by atoms with Crippen LogP contribution in [0.5, 0.6) is 5.75 Å². The minimum Gasteiger partial charge on any atom is -0.494 e. The summed E-state index contributed by atoms with van der Waals surface area (Å²) in [6.45, 7) is 4.01. The fraction of sp³-hybridized carbons (Fsp3) is 0.588. The normalized spacial score (nSPS) is 15.8. The molecule has 1 aromatic rings. The van der Waals surface area contributed by atoms with Crippen molar-refractivity contribution in [1.82, 2.24) is 10.2 Å². The van der Waals surface area contributed by atoms with E-state index >= 15 is 0 Å². The van der Waals surface area contributed by atoms with Gasteiger partial charge in [-0.05, 0) is 50.1 Å². The molecule has 0 atom stereocenters. The standard InChI is InChI=1S/C17H26N2O4S/c1-24(21,22)16-8-6-15(7-9-16)23-14-3-2-5-17(20)19-12-4-10-18-11-13-19/h6-9,18H,2-5,10-14H2,1H3. The van der Waals surface area contributed by atoms with Crippen LogP contribution in [0.25, 0.3) is 0 Å². The Kier molecular flexibility index (Phi) is 7.05. The topological polar surface area (TPSA) is 75.7 Å². The Morgan fingerprint density at radius 1 is 1.17 bits per heavy atom. The summed E-state index contributed by atoms with van der Waals surface area (Å²) in [7, 11) is -3.17. The second-order valence-corrected chi connectivity index (χ2v) is 8.05. The molecule has 0 aromatic heterocycles. The molecule has 2 rings (SSSR count). The number of nitrogens with one attached hydrogen (secondary N) is 1. The first-order valence-corrected chi connectivity index (χ1v) is 10.3. The van der Waals surface area contributed by atoms with E-state index in [0.29, 0.717) is 18.8 Å². The van der Waals surface area contributed by atoms with Gasteiger partial charge in [-0.25, -0.2) is 8.42 Å².